The second-order valence-corrected chi connectivity index (χ2v) is 3.56. The lowest BCUT2D eigenvalue weighted by molar-refractivity contribution is 0.0955. The molecule has 15 heavy (non-hydrogen) atoms. The molecule has 0 fully saturated rings. The van der Waals surface area contributed by atoms with Gasteiger partial charge in [-0.05, 0) is 31.0 Å². The first kappa shape index (κ1) is 12.1. The van der Waals surface area contributed by atoms with Gasteiger partial charge in [0.25, 0.3) is 0 Å². The van der Waals surface area contributed by atoms with E-state index in [1.54, 1.807) is 7.11 Å². The first-order valence-electron chi connectivity index (χ1n) is 4.77. The zero-order valence-electron chi connectivity index (χ0n) is 8.84. The monoisotopic (exact) mass is 215 g/mol. The maximum atomic E-state index is 12.9. The molecule has 1 aromatic carbocycles. The molecule has 2 N–H and O–H groups in total. The number of ether oxygens (including phenoxy) is 1. The molecule has 0 aliphatic heterocycles. The average molecular weight is 215 g/mol. The fraction of sp³-hybridized carbons (Fsp3) is 0.455. The number of hydrogen-bond donors (Lipinski definition) is 1. The van der Waals surface area contributed by atoms with E-state index in [0.29, 0.717) is 12.0 Å². The molecule has 1 aromatic rings. The van der Waals surface area contributed by atoms with Crippen molar-refractivity contribution in [1.82, 2.24) is 0 Å². The smallest absolute Gasteiger partial charge is 0.159 e. The van der Waals surface area contributed by atoms with Crippen molar-refractivity contribution in [2.75, 3.05) is 7.11 Å². The molecule has 84 valence electrons. The van der Waals surface area contributed by atoms with E-state index in [4.69, 9.17) is 10.5 Å². The zero-order valence-corrected chi connectivity index (χ0v) is 8.84. The molecular formula is C11H15F2NO. The van der Waals surface area contributed by atoms with E-state index < -0.39 is 11.6 Å². The van der Waals surface area contributed by atoms with Crippen molar-refractivity contribution < 1.29 is 13.5 Å². The molecule has 0 aromatic heterocycles. The highest BCUT2D eigenvalue weighted by molar-refractivity contribution is 5.18. The highest BCUT2D eigenvalue weighted by Crippen LogP contribution is 2.11. The van der Waals surface area contributed by atoms with Crippen LogP contribution in [-0.2, 0) is 11.2 Å². The number of methoxy groups -OCH3 is 1. The highest BCUT2D eigenvalue weighted by Gasteiger charge is 2.13. The Morgan fingerprint density at radius 1 is 1.33 bits per heavy atom. The van der Waals surface area contributed by atoms with Crippen LogP contribution in [0.2, 0.25) is 0 Å². The Bertz CT molecular complexity index is 330. The molecule has 0 bridgehead atoms. The van der Waals surface area contributed by atoms with Gasteiger partial charge in [0.1, 0.15) is 0 Å². The Labute approximate surface area is 88.0 Å². The summed E-state index contributed by atoms with van der Waals surface area (Å²) in [5.41, 5.74) is 6.48. The van der Waals surface area contributed by atoms with Crippen LogP contribution in [0.15, 0.2) is 18.2 Å². The van der Waals surface area contributed by atoms with Crippen LogP contribution in [0.4, 0.5) is 8.78 Å². The molecule has 0 aliphatic carbocycles. The quantitative estimate of drug-likeness (QED) is 0.832. The minimum Gasteiger partial charge on any atom is -0.380 e. The number of rotatable bonds is 4. The third-order valence-corrected chi connectivity index (χ3v) is 2.43. The van der Waals surface area contributed by atoms with Gasteiger partial charge in [0.05, 0.1) is 6.10 Å². The van der Waals surface area contributed by atoms with Gasteiger partial charge in [-0.2, -0.15) is 0 Å². The third kappa shape index (κ3) is 3.25. The van der Waals surface area contributed by atoms with Crippen molar-refractivity contribution in [2.24, 2.45) is 5.73 Å². The van der Waals surface area contributed by atoms with E-state index in [0.717, 1.165) is 12.1 Å². The van der Waals surface area contributed by atoms with Crippen LogP contribution in [0.5, 0.6) is 0 Å². The predicted octanol–water partition coefficient (Wildman–Crippen LogP) is 1.87. The van der Waals surface area contributed by atoms with E-state index in [1.807, 2.05) is 6.92 Å². The summed E-state index contributed by atoms with van der Waals surface area (Å²) in [6, 6.07) is 3.58. The van der Waals surface area contributed by atoms with Crippen molar-refractivity contribution in [3.63, 3.8) is 0 Å². The van der Waals surface area contributed by atoms with Gasteiger partial charge in [-0.3, -0.25) is 0 Å². The van der Waals surface area contributed by atoms with Gasteiger partial charge in [-0.1, -0.05) is 6.07 Å². The SMILES string of the molecule is CO[C@H](C)[C@H](N)Cc1ccc(F)c(F)c1. The van der Waals surface area contributed by atoms with E-state index in [2.05, 4.69) is 0 Å². The minimum atomic E-state index is -0.843. The maximum absolute atomic E-state index is 12.9. The Hall–Kier alpha value is -1.00. The molecule has 0 spiro atoms. The van der Waals surface area contributed by atoms with Crippen LogP contribution in [0.25, 0.3) is 0 Å². The molecule has 1 rings (SSSR count). The van der Waals surface area contributed by atoms with Gasteiger partial charge in [-0.15, -0.1) is 0 Å². The van der Waals surface area contributed by atoms with Crippen LogP contribution in [0.1, 0.15) is 12.5 Å². The summed E-state index contributed by atoms with van der Waals surface area (Å²) in [6.07, 6.45) is 0.352. The van der Waals surface area contributed by atoms with Crippen molar-refractivity contribution in [3.05, 3.63) is 35.4 Å². The van der Waals surface area contributed by atoms with Gasteiger partial charge >= 0.3 is 0 Å². The third-order valence-electron chi connectivity index (χ3n) is 2.43. The van der Waals surface area contributed by atoms with E-state index in [9.17, 15) is 8.78 Å². The van der Waals surface area contributed by atoms with Gasteiger partial charge in [-0.25, -0.2) is 8.78 Å². The number of nitrogens with two attached hydrogens (primary N) is 1. The molecule has 2 atom stereocenters. The normalized spacial score (nSPS) is 15.0. The second kappa shape index (κ2) is 5.19. The molecule has 0 saturated carbocycles. The minimum absolute atomic E-state index is 0.113. The van der Waals surface area contributed by atoms with Gasteiger partial charge in [0.2, 0.25) is 0 Å². The fourth-order valence-electron chi connectivity index (χ4n) is 1.28. The molecule has 0 heterocycles. The Balaban J connectivity index is 2.68. The van der Waals surface area contributed by atoms with Gasteiger partial charge < -0.3 is 10.5 Å². The molecule has 0 unspecified atom stereocenters. The average Bonchev–Trinajstić information content (AvgIpc) is 2.22. The van der Waals surface area contributed by atoms with E-state index in [1.165, 1.54) is 6.07 Å². The van der Waals surface area contributed by atoms with Crippen LogP contribution < -0.4 is 5.73 Å². The Morgan fingerprint density at radius 2 is 2.00 bits per heavy atom. The number of hydrogen-bond acceptors (Lipinski definition) is 2. The first-order valence-corrected chi connectivity index (χ1v) is 4.77. The van der Waals surface area contributed by atoms with Crippen molar-refractivity contribution in [3.8, 4) is 0 Å². The summed E-state index contributed by atoms with van der Waals surface area (Å²) in [5.74, 6) is -1.68. The summed E-state index contributed by atoms with van der Waals surface area (Å²) < 4.78 is 30.5. The summed E-state index contributed by atoms with van der Waals surface area (Å²) in [4.78, 5) is 0. The summed E-state index contributed by atoms with van der Waals surface area (Å²) in [7, 11) is 1.57. The Kier molecular flexibility index (Phi) is 4.17. The molecule has 4 heteroatoms. The van der Waals surface area contributed by atoms with E-state index in [-0.39, 0.29) is 12.1 Å². The number of halogens is 2. The molecule has 0 amide bonds. The van der Waals surface area contributed by atoms with Crippen LogP contribution in [0.3, 0.4) is 0 Å². The second-order valence-electron chi connectivity index (χ2n) is 3.56. The van der Waals surface area contributed by atoms with Gasteiger partial charge in [0.15, 0.2) is 11.6 Å². The number of benzene rings is 1. The highest BCUT2D eigenvalue weighted by atomic mass is 19.2. The summed E-state index contributed by atoms with van der Waals surface area (Å²) in [5, 5.41) is 0. The summed E-state index contributed by atoms with van der Waals surface area (Å²) in [6.45, 7) is 1.84. The molecule has 0 saturated heterocycles. The lowest BCUT2D eigenvalue weighted by Crippen LogP contribution is -2.35. The standard InChI is InChI=1S/C11H15F2NO/c1-7(15-2)11(14)6-8-3-4-9(12)10(13)5-8/h3-5,7,11H,6,14H2,1-2H3/t7-,11-/m1/s1. The van der Waals surface area contributed by atoms with Crippen LogP contribution in [0, 0.1) is 11.6 Å². The van der Waals surface area contributed by atoms with Crippen molar-refractivity contribution in [2.45, 2.75) is 25.5 Å². The largest absolute Gasteiger partial charge is 0.380 e. The molecule has 0 radical (unpaired) electrons. The molecular weight excluding hydrogens is 200 g/mol. The van der Waals surface area contributed by atoms with Crippen molar-refractivity contribution >= 4 is 0 Å². The van der Waals surface area contributed by atoms with Crippen LogP contribution in [-0.4, -0.2) is 19.3 Å². The fourth-order valence-corrected chi connectivity index (χ4v) is 1.28. The van der Waals surface area contributed by atoms with Crippen molar-refractivity contribution in [1.29, 1.82) is 0 Å². The zero-order chi connectivity index (χ0) is 11.4. The topological polar surface area (TPSA) is 35.2 Å². The molecule has 0 aliphatic rings. The summed E-state index contributed by atoms with van der Waals surface area (Å²) >= 11 is 0. The van der Waals surface area contributed by atoms with E-state index >= 15 is 0 Å². The maximum Gasteiger partial charge on any atom is 0.159 e. The first-order chi connectivity index (χ1) is 7.04. The lowest BCUT2D eigenvalue weighted by atomic mass is 10.0. The van der Waals surface area contributed by atoms with Crippen LogP contribution >= 0.6 is 0 Å². The Morgan fingerprint density at radius 3 is 2.53 bits per heavy atom. The predicted molar refractivity (Wildman–Crippen MR) is 54.5 cm³/mol. The van der Waals surface area contributed by atoms with Gasteiger partial charge in [0, 0.05) is 13.2 Å². The molecule has 2 nitrogen and oxygen atoms in total. The lowest BCUT2D eigenvalue weighted by Gasteiger charge is -2.18.